The van der Waals surface area contributed by atoms with Crippen LogP contribution in [0.15, 0.2) is 18.2 Å². The fraction of sp³-hybridized carbons (Fsp3) is 0.571. The number of hydrogen-bond donors (Lipinski definition) is 1. The molecule has 0 unspecified atom stereocenters. The summed E-state index contributed by atoms with van der Waals surface area (Å²) in [6, 6.07) is 4.98. The molecule has 0 amide bonds. The van der Waals surface area contributed by atoms with Crippen LogP contribution in [0.25, 0.3) is 0 Å². The minimum absolute atomic E-state index is 0.152. The van der Waals surface area contributed by atoms with Crippen LogP contribution < -0.4 is 5.32 Å². The van der Waals surface area contributed by atoms with Gasteiger partial charge in [0.15, 0.2) is 0 Å². The van der Waals surface area contributed by atoms with Gasteiger partial charge in [-0.1, -0.05) is 19.9 Å². The van der Waals surface area contributed by atoms with Crippen LogP contribution in [0, 0.1) is 18.7 Å². The summed E-state index contributed by atoms with van der Waals surface area (Å²) >= 11 is 0. The van der Waals surface area contributed by atoms with Gasteiger partial charge in [0.25, 0.3) is 0 Å². The van der Waals surface area contributed by atoms with E-state index in [0.717, 1.165) is 24.6 Å². The maximum Gasteiger partial charge on any atom is 0.123 e. The van der Waals surface area contributed by atoms with Gasteiger partial charge in [-0.05, 0) is 55.5 Å². The molecule has 90 valence electrons. The molecule has 0 heterocycles. The molecule has 0 aliphatic rings. The van der Waals surface area contributed by atoms with E-state index in [0.29, 0.717) is 0 Å². The summed E-state index contributed by atoms with van der Waals surface area (Å²) in [5.41, 5.74) is 2.21. The van der Waals surface area contributed by atoms with E-state index < -0.39 is 0 Å². The fourth-order valence-corrected chi connectivity index (χ4v) is 1.72. The molecule has 0 fully saturated rings. The zero-order chi connectivity index (χ0) is 12.0. The SMILES string of the molecule is Cc1cc(F)ccc1CNCCCC(C)C. The molecule has 1 rings (SSSR count). The monoisotopic (exact) mass is 223 g/mol. The quantitative estimate of drug-likeness (QED) is 0.726. The predicted molar refractivity (Wildman–Crippen MR) is 66.9 cm³/mol. The second kappa shape index (κ2) is 6.64. The van der Waals surface area contributed by atoms with E-state index in [2.05, 4.69) is 19.2 Å². The lowest BCUT2D eigenvalue weighted by Gasteiger charge is -2.08. The van der Waals surface area contributed by atoms with Crippen LogP contribution in [0.2, 0.25) is 0 Å². The molecular formula is C14H22FN. The summed E-state index contributed by atoms with van der Waals surface area (Å²) in [5, 5.41) is 3.39. The minimum Gasteiger partial charge on any atom is -0.313 e. The molecule has 2 heteroatoms. The summed E-state index contributed by atoms with van der Waals surface area (Å²) in [6.45, 7) is 8.31. The molecule has 1 nitrogen and oxygen atoms in total. The molecule has 1 aromatic rings. The number of hydrogen-bond acceptors (Lipinski definition) is 1. The second-order valence-electron chi connectivity index (χ2n) is 4.78. The first-order valence-electron chi connectivity index (χ1n) is 6.05. The molecule has 0 aliphatic heterocycles. The maximum absolute atomic E-state index is 12.9. The third-order valence-corrected chi connectivity index (χ3v) is 2.76. The Morgan fingerprint density at radius 3 is 2.69 bits per heavy atom. The summed E-state index contributed by atoms with van der Waals surface area (Å²) in [6.07, 6.45) is 2.47. The molecule has 1 aromatic carbocycles. The Hall–Kier alpha value is -0.890. The Balaban J connectivity index is 2.27. The lowest BCUT2D eigenvalue weighted by molar-refractivity contribution is 0.527. The van der Waals surface area contributed by atoms with E-state index in [9.17, 15) is 4.39 Å². The van der Waals surface area contributed by atoms with Gasteiger partial charge in [0.1, 0.15) is 5.82 Å². The smallest absolute Gasteiger partial charge is 0.123 e. The number of rotatable bonds is 6. The first-order valence-corrected chi connectivity index (χ1v) is 6.05. The highest BCUT2D eigenvalue weighted by Gasteiger charge is 1.99. The molecule has 0 bridgehead atoms. The van der Waals surface area contributed by atoms with E-state index in [-0.39, 0.29) is 5.82 Å². The first-order chi connectivity index (χ1) is 7.59. The molecule has 0 saturated heterocycles. The van der Waals surface area contributed by atoms with Crippen LogP contribution in [0.3, 0.4) is 0 Å². The first kappa shape index (κ1) is 13.2. The molecule has 0 spiro atoms. The normalized spacial score (nSPS) is 11.1. The molecule has 0 radical (unpaired) electrons. The topological polar surface area (TPSA) is 12.0 Å². The summed E-state index contributed by atoms with van der Waals surface area (Å²) in [7, 11) is 0. The average Bonchev–Trinajstić information content (AvgIpc) is 2.20. The van der Waals surface area contributed by atoms with Crippen molar-refractivity contribution in [3.63, 3.8) is 0 Å². The Labute approximate surface area is 98.1 Å². The number of benzene rings is 1. The van der Waals surface area contributed by atoms with Gasteiger partial charge in [0, 0.05) is 6.54 Å². The lowest BCUT2D eigenvalue weighted by Crippen LogP contribution is -2.16. The van der Waals surface area contributed by atoms with Crippen molar-refractivity contribution in [2.24, 2.45) is 5.92 Å². The van der Waals surface area contributed by atoms with Crippen molar-refractivity contribution in [1.29, 1.82) is 0 Å². The molecular weight excluding hydrogens is 201 g/mol. The zero-order valence-electron chi connectivity index (χ0n) is 10.5. The summed E-state index contributed by atoms with van der Waals surface area (Å²) in [5.74, 6) is 0.621. The van der Waals surface area contributed by atoms with E-state index >= 15 is 0 Å². The van der Waals surface area contributed by atoms with Crippen molar-refractivity contribution >= 4 is 0 Å². The Morgan fingerprint density at radius 2 is 2.06 bits per heavy atom. The number of nitrogens with one attached hydrogen (secondary N) is 1. The van der Waals surface area contributed by atoms with Gasteiger partial charge in [-0.25, -0.2) is 4.39 Å². The van der Waals surface area contributed by atoms with Crippen LogP contribution >= 0.6 is 0 Å². The Morgan fingerprint density at radius 1 is 1.31 bits per heavy atom. The average molecular weight is 223 g/mol. The zero-order valence-corrected chi connectivity index (χ0v) is 10.5. The van der Waals surface area contributed by atoms with Gasteiger partial charge >= 0.3 is 0 Å². The molecule has 1 N–H and O–H groups in total. The summed E-state index contributed by atoms with van der Waals surface area (Å²) in [4.78, 5) is 0. The van der Waals surface area contributed by atoms with Crippen molar-refractivity contribution in [1.82, 2.24) is 5.32 Å². The third-order valence-electron chi connectivity index (χ3n) is 2.76. The second-order valence-corrected chi connectivity index (χ2v) is 4.78. The van der Waals surface area contributed by atoms with E-state index in [1.165, 1.54) is 24.5 Å². The van der Waals surface area contributed by atoms with Gasteiger partial charge in [-0.3, -0.25) is 0 Å². The largest absolute Gasteiger partial charge is 0.313 e. The molecule has 0 atom stereocenters. The van der Waals surface area contributed by atoms with Gasteiger partial charge in [0.05, 0.1) is 0 Å². The predicted octanol–water partition coefficient (Wildman–Crippen LogP) is 3.66. The Bertz CT molecular complexity index is 321. The lowest BCUT2D eigenvalue weighted by atomic mass is 10.1. The van der Waals surface area contributed by atoms with Crippen LogP contribution in [0.4, 0.5) is 4.39 Å². The van der Waals surface area contributed by atoms with Crippen LogP contribution in [-0.4, -0.2) is 6.54 Å². The standard InChI is InChI=1S/C14H22FN/c1-11(2)5-4-8-16-10-13-6-7-14(15)9-12(13)3/h6-7,9,11,16H,4-5,8,10H2,1-3H3. The molecule has 0 aliphatic carbocycles. The van der Waals surface area contributed by atoms with Crippen molar-refractivity contribution in [3.8, 4) is 0 Å². The highest BCUT2D eigenvalue weighted by molar-refractivity contribution is 5.26. The van der Waals surface area contributed by atoms with Crippen molar-refractivity contribution in [3.05, 3.63) is 35.1 Å². The van der Waals surface area contributed by atoms with Gasteiger partial charge in [-0.2, -0.15) is 0 Å². The van der Waals surface area contributed by atoms with Crippen LogP contribution in [0.1, 0.15) is 37.8 Å². The minimum atomic E-state index is -0.152. The van der Waals surface area contributed by atoms with Gasteiger partial charge in [0.2, 0.25) is 0 Å². The Kier molecular flexibility index (Phi) is 5.47. The van der Waals surface area contributed by atoms with Crippen molar-refractivity contribution < 1.29 is 4.39 Å². The van der Waals surface area contributed by atoms with Crippen LogP contribution in [-0.2, 0) is 6.54 Å². The van der Waals surface area contributed by atoms with Crippen molar-refractivity contribution in [2.45, 2.75) is 40.2 Å². The van der Waals surface area contributed by atoms with E-state index in [4.69, 9.17) is 0 Å². The van der Waals surface area contributed by atoms with E-state index in [1.807, 2.05) is 13.0 Å². The molecule has 0 saturated carbocycles. The molecule has 16 heavy (non-hydrogen) atoms. The van der Waals surface area contributed by atoms with Crippen molar-refractivity contribution in [2.75, 3.05) is 6.54 Å². The number of halogens is 1. The summed E-state index contributed by atoms with van der Waals surface area (Å²) < 4.78 is 12.9. The van der Waals surface area contributed by atoms with E-state index in [1.54, 1.807) is 6.07 Å². The fourth-order valence-electron chi connectivity index (χ4n) is 1.72. The highest BCUT2D eigenvalue weighted by atomic mass is 19.1. The van der Waals surface area contributed by atoms with Gasteiger partial charge < -0.3 is 5.32 Å². The molecule has 0 aromatic heterocycles. The maximum atomic E-state index is 12.9. The number of aryl methyl sites for hydroxylation is 1. The van der Waals surface area contributed by atoms with Crippen LogP contribution in [0.5, 0.6) is 0 Å². The van der Waals surface area contributed by atoms with Gasteiger partial charge in [-0.15, -0.1) is 0 Å². The third kappa shape index (κ3) is 4.75. The highest BCUT2D eigenvalue weighted by Crippen LogP contribution is 2.09.